The first-order chi connectivity index (χ1) is 20.2. The number of hydrogen-bond acceptors (Lipinski definition) is 7. The van der Waals surface area contributed by atoms with Gasteiger partial charge in [-0.15, -0.1) is 11.3 Å². The molecule has 3 aliphatic rings. The van der Waals surface area contributed by atoms with Crippen LogP contribution in [-0.4, -0.2) is 58.5 Å². The number of carbonyl (C=O) groups is 1. The molecule has 1 aromatic heterocycles. The lowest BCUT2D eigenvalue weighted by Crippen LogP contribution is -2.44. The number of alkyl halides is 1. The van der Waals surface area contributed by atoms with E-state index in [0.29, 0.717) is 55.3 Å². The topological polar surface area (TPSA) is 98.4 Å². The first-order valence-corrected chi connectivity index (χ1v) is 17.0. The lowest BCUT2D eigenvalue weighted by atomic mass is 9.75. The Bertz CT molecular complexity index is 1620. The fraction of sp³-hybridized carbons (Fsp3) is 0.452. The van der Waals surface area contributed by atoms with E-state index in [9.17, 15) is 23.0 Å². The van der Waals surface area contributed by atoms with E-state index in [1.165, 1.54) is 23.5 Å². The highest BCUT2D eigenvalue weighted by Crippen LogP contribution is 2.47. The predicted octanol–water partition coefficient (Wildman–Crippen LogP) is 5.93. The number of benzene rings is 2. The molecule has 42 heavy (non-hydrogen) atoms. The lowest BCUT2D eigenvalue weighted by Gasteiger charge is -2.33. The molecular weight excluding hydrogens is 577 g/mol. The highest BCUT2D eigenvalue weighted by Gasteiger charge is 2.48. The van der Waals surface area contributed by atoms with Crippen molar-refractivity contribution < 1.29 is 17.8 Å². The Balaban J connectivity index is 1.35. The third-order valence-corrected chi connectivity index (χ3v) is 12.2. The van der Waals surface area contributed by atoms with Gasteiger partial charge in [0, 0.05) is 64.5 Å². The quantitative estimate of drug-likeness (QED) is 0.374. The molecule has 3 unspecified atom stereocenters. The first-order valence-electron chi connectivity index (χ1n) is 14.3. The molecule has 3 fully saturated rings. The molecule has 3 aromatic rings. The van der Waals surface area contributed by atoms with Gasteiger partial charge in [0.25, 0.3) is 0 Å². The molecule has 11 heteroatoms. The second-order valence-electron chi connectivity index (χ2n) is 11.4. The van der Waals surface area contributed by atoms with Gasteiger partial charge in [-0.25, -0.2) is 22.3 Å². The number of carbonyl (C=O) groups excluding carboxylic acids is 1. The molecule has 0 spiro atoms. The van der Waals surface area contributed by atoms with Gasteiger partial charge in [-0.1, -0.05) is 12.1 Å². The van der Waals surface area contributed by atoms with Gasteiger partial charge in [-0.2, -0.15) is 5.26 Å². The van der Waals surface area contributed by atoms with E-state index < -0.39 is 27.4 Å². The van der Waals surface area contributed by atoms with Crippen LogP contribution in [0.4, 0.5) is 14.5 Å². The Kier molecular flexibility index (Phi) is 7.79. The molecule has 1 amide bonds. The second kappa shape index (κ2) is 11.4. The Morgan fingerprint density at radius 3 is 2.40 bits per heavy atom. The maximum Gasteiger partial charge on any atom is 0.225 e. The van der Waals surface area contributed by atoms with Crippen LogP contribution in [0.25, 0.3) is 21.0 Å². The number of rotatable bonds is 6. The summed E-state index contributed by atoms with van der Waals surface area (Å²) in [7, 11) is -0.488. The lowest BCUT2D eigenvalue weighted by molar-refractivity contribution is -0.128. The summed E-state index contributed by atoms with van der Waals surface area (Å²) in [6, 6.07) is 16.5. The van der Waals surface area contributed by atoms with Crippen LogP contribution in [0.1, 0.15) is 43.7 Å². The van der Waals surface area contributed by atoms with Crippen molar-refractivity contribution in [3.05, 3.63) is 60.0 Å². The van der Waals surface area contributed by atoms with Crippen LogP contribution in [0.2, 0.25) is 0 Å². The molecule has 1 N–H and O–H groups in total. The summed E-state index contributed by atoms with van der Waals surface area (Å²) in [4.78, 5) is 21.6. The Hall–Kier alpha value is -3.36. The predicted molar refractivity (Wildman–Crippen MR) is 162 cm³/mol. The third-order valence-electron chi connectivity index (χ3n) is 8.73. The zero-order valence-corrected chi connectivity index (χ0v) is 25.0. The third kappa shape index (κ3) is 5.79. The van der Waals surface area contributed by atoms with E-state index in [4.69, 9.17) is 4.98 Å². The van der Waals surface area contributed by atoms with Crippen LogP contribution in [0.3, 0.4) is 0 Å². The van der Waals surface area contributed by atoms with Crippen molar-refractivity contribution in [1.82, 2.24) is 10.3 Å². The fourth-order valence-corrected chi connectivity index (χ4v) is 8.67. The Morgan fingerprint density at radius 2 is 1.79 bits per heavy atom. The minimum Gasteiger partial charge on any atom is -0.370 e. The smallest absolute Gasteiger partial charge is 0.225 e. The van der Waals surface area contributed by atoms with E-state index in [1.54, 1.807) is 19.2 Å². The van der Waals surface area contributed by atoms with Crippen LogP contribution >= 0.6 is 11.3 Å². The normalized spacial score (nSPS) is 24.4. The molecule has 2 heterocycles. The van der Waals surface area contributed by atoms with Crippen LogP contribution < -0.4 is 10.2 Å². The number of hydrogen-bond donors (Lipinski definition) is 1. The van der Waals surface area contributed by atoms with Crippen molar-refractivity contribution in [3.63, 3.8) is 0 Å². The zero-order chi connectivity index (χ0) is 29.5. The van der Waals surface area contributed by atoms with Gasteiger partial charge in [0.05, 0.1) is 16.6 Å². The molecule has 7 nitrogen and oxygen atoms in total. The van der Waals surface area contributed by atoms with Gasteiger partial charge in [-0.05, 0) is 74.1 Å². The van der Waals surface area contributed by atoms with Crippen molar-refractivity contribution in [3.8, 4) is 27.1 Å². The monoisotopic (exact) mass is 609 g/mol. The van der Waals surface area contributed by atoms with Crippen LogP contribution in [0.5, 0.6) is 0 Å². The van der Waals surface area contributed by atoms with Gasteiger partial charge in [0.1, 0.15) is 22.5 Å². The fourth-order valence-electron chi connectivity index (χ4n) is 5.94. The van der Waals surface area contributed by atoms with Gasteiger partial charge >= 0.3 is 0 Å². The molecule has 220 valence electrons. The van der Waals surface area contributed by atoms with Crippen LogP contribution in [0, 0.1) is 23.1 Å². The largest absolute Gasteiger partial charge is 0.370 e. The molecule has 6 rings (SSSR count). The molecule has 2 saturated carbocycles. The Morgan fingerprint density at radius 1 is 1.12 bits per heavy atom. The highest BCUT2D eigenvalue weighted by atomic mass is 32.2. The summed E-state index contributed by atoms with van der Waals surface area (Å²) in [6.07, 6.45) is 1.01. The summed E-state index contributed by atoms with van der Waals surface area (Å²) >= 11 is 1.48. The number of nitrogens with zero attached hydrogens (tertiary/aromatic N) is 4. The molecule has 0 radical (unpaired) electrons. The van der Waals surface area contributed by atoms with Crippen LogP contribution in [-0.2, 0) is 14.5 Å². The first kappa shape index (κ1) is 28.7. The molecule has 2 aliphatic carbocycles. The number of anilines is 1. The number of halogens is 2. The minimum absolute atomic E-state index is 0.0853. The maximum atomic E-state index is 14.7. The summed E-state index contributed by atoms with van der Waals surface area (Å²) in [5, 5.41) is 13.1. The van der Waals surface area contributed by atoms with Gasteiger partial charge in [0.15, 0.2) is 0 Å². The van der Waals surface area contributed by atoms with Crippen molar-refractivity contribution in [2.45, 2.75) is 49.7 Å². The van der Waals surface area contributed by atoms with E-state index in [-0.39, 0.29) is 24.1 Å². The number of amides is 1. The molecule has 3 atom stereocenters. The van der Waals surface area contributed by atoms with E-state index in [1.807, 2.05) is 24.3 Å². The number of aromatic nitrogens is 1. The van der Waals surface area contributed by atoms with E-state index in [0.717, 1.165) is 27.4 Å². The average Bonchev–Trinajstić information content (AvgIpc) is 3.65. The summed E-state index contributed by atoms with van der Waals surface area (Å²) in [5.41, 5.74) is 2.63. The summed E-state index contributed by atoms with van der Waals surface area (Å²) in [5.74, 6) is -0.512. The molecule has 0 bridgehead atoms. The van der Waals surface area contributed by atoms with Gasteiger partial charge < -0.3 is 10.2 Å². The standard InChI is InChI=1S/C31H33F2N5O2S2/c1-35-42(40)16-14-38(15-17-42)24-9-4-20(5-10-24)28-27(36-30(41-28)21-2-6-22(32)7-3-21)25-11-8-23(33)18-26(25)29(39)37-31(19-34)12-13-31/h2-7,9-10,23,25-26H,8,11-18H2,1H3,(H,37,39). The molecular formula is C31H33F2N5O2S2. The van der Waals surface area contributed by atoms with Gasteiger partial charge in [0.2, 0.25) is 5.91 Å². The van der Waals surface area contributed by atoms with Crippen molar-refractivity contribution in [2.75, 3.05) is 36.5 Å². The maximum absolute atomic E-state index is 14.7. The van der Waals surface area contributed by atoms with Crippen molar-refractivity contribution in [1.29, 1.82) is 5.26 Å². The number of thiazole rings is 1. The van der Waals surface area contributed by atoms with E-state index >= 15 is 0 Å². The Labute approximate surface area is 249 Å². The van der Waals surface area contributed by atoms with Crippen molar-refractivity contribution >= 4 is 32.7 Å². The molecule has 1 saturated heterocycles. The van der Waals surface area contributed by atoms with Crippen LogP contribution in [0.15, 0.2) is 52.9 Å². The summed E-state index contributed by atoms with van der Waals surface area (Å²) in [6.45, 7) is 1.34. The highest BCUT2D eigenvalue weighted by molar-refractivity contribution is 7.93. The molecule has 2 aromatic carbocycles. The second-order valence-corrected chi connectivity index (χ2v) is 15.2. The van der Waals surface area contributed by atoms with Gasteiger partial charge in [-0.3, -0.25) is 4.79 Å². The van der Waals surface area contributed by atoms with E-state index in [2.05, 4.69) is 20.6 Å². The minimum atomic E-state index is -2.11. The number of nitriles is 1. The SMILES string of the molecule is CN=S1(=O)CCN(c2ccc(-c3sc(-c4ccc(F)cc4)nc3C3CCC(F)CC3C(=O)NC3(C#N)CC3)cc2)CC1. The number of nitrogens with one attached hydrogen (secondary N) is 1. The zero-order valence-electron chi connectivity index (χ0n) is 23.4. The van der Waals surface area contributed by atoms with Crippen molar-refractivity contribution in [2.24, 2.45) is 10.3 Å². The molecule has 1 aliphatic heterocycles. The summed E-state index contributed by atoms with van der Waals surface area (Å²) < 4.78 is 45.1. The average molecular weight is 610 g/mol.